The summed E-state index contributed by atoms with van der Waals surface area (Å²) in [6.07, 6.45) is 2.79. The van der Waals surface area contributed by atoms with Crippen molar-refractivity contribution in [3.63, 3.8) is 0 Å². The zero-order valence-corrected chi connectivity index (χ0v) is 12.6. The number of carbonyl (C=O) groups is 1. The Balaban J connectivity index is 0.000000493. The molecule has 20 heavy (non-hydrogen) atoms. The van der Waals surface area contributed by atoms with Crippen molar-refractivity contribution in [2.24, 2.45) is 0 Å². The lowest BCUT2D eigenvalue weighted by Gasteiger charge is -2.11. The summed E-state index contributed by atoms with van der Waals surface area (Å²) in [7, 11) is -3.56. The molecule has 0 saturated heterocycles. The number of aliphatic carboxylic acids is 1. The summed E-state index contributed by atoms with van der Waals surface area (Å²) in [6, 6.07) is 12.0. The van der Waals surface area contributed by atoms with Crippen molar-refractivity contribution >= 4 is 15.8 Å². The average Bonchev–Trinajstić information content (AvgIpc) is 2.41. The quantitative estimate of drug-likeness (QED) is 0.786. The van der Waals surface area contributed by atoms with Gasteiger partial charge < -0.3 is 5.11 Å². The van der Waals surface area contributed by atoms with Crippen LogP contribution in [0, 0.1) is 0 Å². The van der Waals surface area contributed by atoms with Crippen LogP contribution in [-0.2, 0) is 14.6 Å². The second kappa shape index (κ2) is 10.2. The van der Waals surface area contributed by atoms with Crippen LogP contribution in [0.2, 0.25) is 0 Å². The fraction of sp³-hybridized carbons (Fsp3) is 0.400. The highest BCUT2D eigenvalue weighted by Crippen LogP contribution is 2.11. The van der Waals surface area contributed by atoms with Gasteiger partial charge in [-0.3, -0.25) is 4.79 Å². The Kier molecular flexibility index (Phi) is 9.38. The first-order valence-corrected chi connectivity index (χ1v) is 8.22. The van der Waals surface area contributed by atoms with Crippen LogP contribution in [0.4, 0.5) is 0 Å². The predicted octanol–water partition coefficient (Wildman–Crippen LogP) is 2.92. The molecule has 0 saturated carbocycles. The van der Waals surface area contributed by atoms with E-state index in [1.165, 1.54) is 6.08 Å². The molecule has 1 aromatic rings. The van der Waals surface area contributed by atoms with Crippen LogP contribution in [-0.4, -0.2) is 30.5 Å². The molecule has 1 rings (SSSR count). The molecule has 0 spiro atoms. The molecule has 0 bridgehead atoms. The first kappa shape index (κ1) is 18.4. The minimum atomic E-state index is -3.56. The van der Waals surface area contributed by atoms with Gasteiger partial charge >= 0.3 is 5.97 Å². The third-order valence-corrected chi connectivity index (χ3v) is 4.55. The lowest BCUT2D eigenvalue weighted by atomic mass is 10.2. The molecule has 0 aliphatic rings. The third kappa shape index (κ3) is 7.74. The van der Waals surface area contributed by atoms with E-state index in [9.17, 15) is 13.2 Å². The largest absolute Gasteiger partial charge is 0.480 e. The van der Waals surface area contributed by atoms with Crippen LogP contribution < -0.4 is 0 Å². The standard InChI is InChI=1S/C9H16O4S.C6H6/c1-3-5-6-8(9(10)11)14(12,13)7-4-2;1-2-4-6-5-3-1/h4,8H,2-3,5-7H2,1H3,(H,10,11);1-6H. The Hall–Kier alpha value is -1.62. The van der Waals surface area contributed by atoms with Crippen molar-refractivity contribution in [1.29, 1.82) is 0 Å². The maximum atomic E-state index is 11.4. The summed E-state index contributed by atoms with van der Waals surface area (Å²) >= 11 is 0. The number of carboxylic acids is 1. The first-order chi connectivity index (χ1) is 9.45. The van der Waals surface area contributed by atoms with Crippen LogP contribution >= 0.6 is 0 Å². The SMILES string of the molecule is C=CCS(=O)(=O)C(CCCC)C(=O)O.c1ccccc1. The second-order valence-electron chi connectivity index (χ2n) is 4.24. The van der Waals surface area contributed by atoms with E-state index in [1.807, 2.05) is 43.3 Å². The Morgan fingerprint density at radius 3 is 1.95 bits per heavy atom. The molecule has 0 amide bonds. The summed E-state index contributed by atoms with van der Waals surface area (Å²) < 4.78 is 22.9. The van der Waals surface area contributed by atoms with Crippen molar-refractivity contribution in [2.45, 2.75) is 31.4 Å². The zero-order valence-electron chi connectivity index (χ0n) is 11.7. The molecule has 0 aliphatic heterocycles. The van der Waals surface area contributed by atoms with E-state index in [1.54, 1.807) is 0 Å². The van der Waals surface area contributed by atoms with Crippen molar-refractivity contribution in [2.75, 3.05) is 5.75 Å². The molecule has 0 aliphatic carbocycles. The van der Waals surface area contributed by atoms with Crippen LogP contribution in [0.5, 0.6) is 0 Å². The summed E-state index contributed by atoms with van der Waals surface area (Å²) in [4.78, 5) is 10.7. The number of hydrogen-bond donors (Lipinski definition) is 1. The van der Waals surface area contributed by atoms with Gasteiger partial charge in [-0.25, -0.2) is 8.42 Å². The van der Waals surface area contributed by atoms with Gasteiger partial charge in [-0.2, -0.15) is 0 Å². The van der Waals surface area contributed by atoms with Crippen LogP contribution in [0.25, 0.3) is 0 Å². The summed E-state index contributed by atoms with van der Waals surface area (Å²) in [5.41, 5.74) is 0. The van der Waals surface area contributed by atoms with Gasteiger partial charge in [-0.15, -0.1) is 6.58 Å². The topological polar surface area (TPSA) is 71.4 Å². The molecule has 0 radical (unpaired) electrons. The lowest BCUT2D eigenvalue weighted by Crippen LogP contribution is -2.31. The van der Waals surface area contributed by atoms with E-state index < -0.39 is 21.1 Å². The van der Waals surface area contributed by atoms with Gasteiger partial charge in [0, 0.05) is 0 Å². The molecule has 1 aromatic carbocycles. The van der Waals surface area contributed by atoms with E-state index >= 15 is 0 Å². The molecule has 1 N–H and O–H groups in total. The summed E-state index contributed by atoms with van der Waals surface area (Å²) in [5.74, 6) is -1.53. The number of benzene rings is 1. The molecule has 0 aromatic heterocycles. The smallest absolute Gasteiger partial charge is 0.321 e. The van der Waals surface area contributed by atoms with Crippen LogP contribution in [0.15, 0.2) is 49.1 Å². The molecular formula is C15H22O4S. The van der Waals surface area contributed by atoms with E-state index in [2.05, 4.69) is 6.58 Å². The van der Waals surface area contributed by atoms with Gasteiger partial charge in [-0.1, -0.05) is 62.2 Å². The predicted molar refractivity (Wildman–Crippen MR) is 81.4 cm³/mol. The number of unbranched alkanes of at least 4 members (excludes halogenated alkanes) is 1. The Labute approximate surface area is 121 Å². The lowest BCUT2D eigenvalue weighted by molar-refractivity contribution is -0.136. The molecule has 5 heteroatoms. The monoisotopic (exact) mass is 298 g/mol. The number of carboxylic acid groups (broad SMARTS) is 1. The molecular weight excluding hydrogens is 276 g/mol. The maximum Gasteiger partial charge on any atom is 0.321 e. The number of hydrogen-bond acceptors (Lipinski definition) is 3. The Bertz CT molecular complexity index is 453. The molecule has 1 unspecified atom stereocenters. The highest BCUT2D eigenvalue weighted by atomic mass is 32.2. The van der Waals surface area contributed by atoms with Gasteiger partial charge in [-0.05, 0) is 6.42 Å². The minimum absolute atomic E-state index is 0.183. The summed E-state index contributed by atoms with van der Waals surface area (Å²) in [5, 5.41) is 7.47. The fourth-order valence-electron chi connectivity index (χ4n) is 1.51. The van der Waals surface area contributed by atoms with Crippen molar-refractivity contribution in [3.8, 4) is 0 Å². The van der Waals surface area contributed by atoms with E-state index in [-0.39, 0.29) is 12.2 Å². The average molecular weight is 298 g/mol. The summed E-state index contributed by atoms with van der Waals surface area (Å²) in [6.45, 7) is 5.18. The Morgan fingerprint density at radius 2 is 1.65 bits per heavy atom. The van der Waals surface area contributed by atoms with E-state index in [4.69, 9.17) is 5.11 Å². The highest BCUT2D eigenvalue weighted by molar-refractivity contribution is 7.92. The van der Waals surface area contributed by atoms with Crippen molar-refractivity contribution in [1.82, 2.24) is 0 Å². The highest BCUT2D eigenvalue weighted by Gasteiger charge is 2.30. The first-order valence-electron chi connectivity index (χ1n) is 6.51. The van der Waals surface area contributed by atoms with Crippen molar-refractivity contribution in [3.05, 3.63) is 49.1 Å². The molecule has 4 nitrogen and oxygen atoms in total. The minimum Gasteiger partial charge on any atom is -0.480 e. The normalized spacial score (nSPS) is 11.8. The van der Waals surface area contributed by atoms with E-state index in [0.717, 1.165) is 6.42 Å². The van der Waals surface area contributed by atoms with Gasteiger partial charge in [0.25, 0.3) is 0 Å². The van der Waals surface area contributed by atoms with Gasteiger partial charge in [0.2, 0.25) is 0 Å². The second-order valence-corrected chi connectivity index (χ2v) is 6.47. The molecule has 1 atom stereocenters. The van der Waals surface area contributed by atoms with Crippen LogP contribution in [0.1, 0.15) is 26.2 Å². The fourth-order valence-corrected chi connectivity index (χ4v) is 2.91. The van der Waals surface area contributed by atoms with Crippen LogP contribution in [0.3, 0.4) is 0 Å². The Morgan fingerprint density at radius 1 is 1.20 bits per heavy atom. The van der Waals surface area contributed by atoms with Gasteiger partial charge in [0.1, 0.15) is 0 Å². The molecule has 0 fully saturated rings. The molecule has 0 heterocycles. The van der Waals surface area contributed by atoms with Gasteiger partial charge in [0.05, 0.1) is 5.75 Å². The maximum absolute atomic E-state index is 11.4. The van der Waals surface area contributed by atoms with Gasteiger partial charge in [0.15, 0.2) is 15.1 Å². The number of sulfone groups is 1. The van der Waals surface area contributed by atoms with E-state index in [0.29, 0.717) is 6.42 Å². The van der Waals surface area contributed by atoms with Crippen molar-refractivity contribution < 1.29 is 18.3 Å². The third-order valence-electron chi connectivity index (χ3n) is 2.55. The number of rotatable bonds is 7. The molecule has 112 valence electrons. The zero-order chi connectivity index (χ0) is 15.4.